The summed E-state index contributed by atoms with van der Waals surface area (Å²) in [6.07, 6.45) is 5.25. The van der Waals surface area contributed by atoms with Gasteiger partial charge in [0, 0.05) is 50.0 Å². The Morgan fingerprint density at radius 1 is 1.20 bits per heavy atom. The predicted octanol–water partition coefficient (Wildman–Crippen LogP) is 2.34. The number of piperidine rings is 1. The summed E-state index contributed by atoms with van der Waals surface area (Å²) in [7, 11) is 1.99. The molecule has 0 atom stereocenters. The van der Waals surface area contributed by atoms with Gasteiger partial charge in [0.15, 0.2) is 5.96 Å². The fourth-order valence-corrected chi connectivity index (χ4v) is 3.57. The second-order valence-electron chi connectivity index (χ2n) is 7.15. The van der Waals surface area contributed by atoms with Crippen molar-refractivity contribution in [1.82, 2.24) is 25.3 Å². The van der Waals surface area contributed by atoms with Crippen molar-refractivity contribution < 1.29 is 0 Å². The lowest BCUT2D eigenvalue weighted by Crippen LogP contribution is -2.49. The molecule has 2 heterocycles. The molecular formula is C18H33IN6. The Balaban J connectivity index is 0.00000225. The zero-order valence-electron chi connectivity index (χ0n) is 16.0. The number of nitrogens with one attached hydrogen (secondary N) is 2. The van der Waals surface area contributed by atoms with Crippen LogP contribution >= 0.6 is 24.0 Å². The first-order valence-electron chi connectivity index (χ1n) is 9.36. The van der Waals surface area contributed by atoms with Crippen molar-refractivity contribution in [3.8, 4) is 0 Å². The first-order valence-corrected chi connectivity index (χ1v) is 9.36. The van der Waals surface area contributed by atoms with Gasteiger partial charge in [-0.2, -0.15) is 5.10 Å². The highest BCUT2D eigenvalue weighted by Gasteiger charge is 2.31. The van der Waals surface area contributed by atoms with E-state index in [1.807, 2.05) is 11.7 Å². The maximum atomic E-state index is 4.81. The quantitative estimate of drug-likeness (QED) is 0.403. The average Bonchev–Trinajstić information content (AvgIpc) is 3.37. The number of rotatable bonds is 5. The molecule has 0 amide bonds. The van der Waals surface area contributed by atoms with Gasteiger partial charge >= 0.3 is 0 Å². The van der Waals surface area contributed by atoms with Gasteiger partial charge in [0.1, 0.15) is 0 Å². The normalized spacial score (nSPS) is 19.6. The van der Waals surface area contributed by atoms with E-state index in [9.17, 15) is 0 Å². The third kappa shape index (κ3) is 5.32. The van der Waals surface area contributed by atoms with Crippen LogP contribution in [0.25, 0.3) is 0 Å². The highest BCUT2D eigenvalue weighted by molar-refractivity contribution is 14.0. The van der Waals surface area contributed by atoms with Gasteiger partial charge in [0.05, 0.1) is 12.2 Å². The van der Waals surface area contributed by atoms with E-state index in [1.165, 1.54) is 50.0 Å². The van der Waals surface area contributed by atoms with Crippen LogP contribution in [0.3, 0.4) is 0 Å². The van der Waals surface area contributed by atoms with E-state index in [0.29, 0.717) is 12.6 Å². The zero-order chi connectivity index (χ0) is 17.1. The fraction of sp³-hybridized carbons (Fsp3) is 0.778. The Hall–Kier alpha value is -0.830. The van der Waals surface area contributed by atoms with Gasteiger partial charge in [-0.3, -0.25) is 4.68 Å². The molecule has 1 saturated heterocycles. The molecule has 25 heavy (non-hydrogen) atoms. The Kier molecular flexibility index (Phi) is 7.54. The molecular weight excluding hydrogens is 427 g/mol. The second kappa shape index (κ2) is 9.21. The topological polar surface area (TPSA) is 57.5 Å². The van der Waals surface area contributed by atoms with E-state index in [1.54, 1.807) is 0 Å². The molecule has 7 heteroatoms. The van der Waals surface area contributed by atoms with E-state index >= 15 is 0 Å². The molecule has 1 aromatic heterocycles. The molecule has 1 aromatic rings. The van der Waals surface area contributed by atoms with Crippen molar-refractivity contribution >= 4 is 29.9 Å². The minimum absolute atomic E-state index is 0. The van der Waals surface area contributed by atoms with Gasteiger partial charge in [-0.1, -0.05) is 0 Å². The third-order valence-electron chi connectivity index (χ3n) is 5.33. The Labute approximate surface area is 168 Å². The third-order valence-corrected chi connectivity index (χ3v) is 5.33. The molecule has 1 saturated carbocycles. The van der Waals surface area contributed by atoms with Crippen molar-refractivity contribution in [2.45, 2.75) is 65.1 Å². The van der Waals surface area contributed by atoms with Gasteiger partial charge in [-0.05, 0) is 46.5 Å². The van der Waals surface area contributed by atoms with E-state index in [-0.39, 0.29) is 24.0 Å². The SMILES string of the molecule is CCNC(=NCc1c(C)nn(C)c1C)NC1CCN(C2CC2)CC1.I. The molecule has 0 aromatic carbocycles. The van der Waals surface area contributed by atoms with Crippen LogP contribution in [0.2, 0.25) is 0 Å². The molecule has 3 rings (SSSR count). The maximum absolute atomic E-state index is 4.81. The number of guanidine groups is 1. The molecule has 2 aliphatic rings. The van der Waals surface area contributed by atoms with Gasteiger partial charge in [0.2, 0.25) is 0 Å². The summed E-state index contributed by atoms with van der Waals surface area (Å²) in [5.41, 5.74) is 3.51. The van der Waals surface area contributed by atoms with Gasteiger partial charge in [-0.25, -0.2) is 4.99 Å². The largest absolute Gasteiger partial charge is 0.357 e. The van der Waals surface area contributed by atoms with Gasteiger partial charge in [-0.15, -0.1) is 24.0 Å². The lowest BCUT2D eigenvalue weighted by Gasteiger charge is -2.33. The number of likely N-dealkylation sites (tertiary alicyclic amines) is 1. The molecule has 0 radical (unpaired) electrons. The van der Waals surface area contributed by atoms with Crippen molar-refractivity contribution in [3.05, 3.63) is 17.0 Å². The van der Waals surface area contributed by atoms with Crippen LogP contribution < -0.4 is 10.6 Å². The predicted molar refractivity (Wildman–Crippen MR) is 114 cm³/mol. The van der Waals surface area contributed by atoms with E-state index < -0.39 is 0 Å². The molecule has 1 aliphatic carbocycles. The van der Waals surface area contributed by atoms with Crippen LogP contribution in [0.5, 0.6) is 0 Å². The highest BCUT2D eigenvalue weighted by atomic mass is 127. The summed E-state index contributed by atoms with van der Waals surface area (Å²) in [6, 6.07) is 1.43. The Bertz CT molecular complexity index is 585. The van der Waals surface area contributed by atoms with Crippen molar-refractivity contribution in [2.75, 3.05) is 19.6 Å². The van der Waals surface area contributed by atoms with E-state index in [4.69, 9.17) is 4.99 Å². The van der Waals surface area contributed by atoms with Crippen LogP contribution in [0, 0.1) is 13.8 Å². The number of hydrogen-bond donors (Lipinski definition) is 2. The second-order valence-corrected chi connectivity index (χ2v) is 7.15. The minimum atomic E-state index is 0. The lowest BCUT2D eigenvalue weighted by molar-refractivity contribution is 0.197. The first-order chi connectivity index (χ1) is 11.6. The first kappa shape index (κ1) is 20.5. The summed E-state index contributed by atoms with van der Waals surface area (Å²) >= 11 is 0. The monoisotopic (exact) mass is 460 g/mol. The summed E-state index contributed by atoms with van der Waals surface area (Å²) < 4.78 is 1.94. The number of aromatic nitrogens is 2. The summed E-state index contributed by atoms with van der Waals surface area (Å²) in [4.78, 5) is 7.46. The molecule has 0 unspecified atom stereocenters. The number of halogens is 1. The van der Waals surface area contributed by atoms with Gasteiger partial charge < -0.3 is 15.5 Å². The number of aliphatic imine (C=N–C) groups is 1. The molecule has 142 valence electrons. The molecule has 1 aliphatic heterocycles. The van der Waals surface area contributed by atoms with Crippen molar-refractivity contribution in [2.24, 2.45) is 12.0 Å². The van der Waals surface area contributed by atoms with E-state index in [2.05, 4.69) is 41.4 Å². The molecule has 6 nitrogen and oxygen atoms in total. The van der Waals surface area contributed by atoms with Crippen LogP contribution in [-0.4, -0.2) is 52.4 Å². The molecule has 0 bridgehead atoms. The maximum Gasteiger partial charge on any atom is 0.191 e. The van der Waals surface area contributed by atoms with Crippen molar-refractivity contribution in [3.63, 3.8) is 0 Å². The standard InChI is InChI=1S/C18H32N6.HI/c1-5-19-18(20-12-17-13(2)22-23(4)14(17)3)21-15-8-10-24(11-9-15)16-6-7-16;/h15-16H,5-12H2,1-4H3,(H2,19,20,21);1H. The van der Waals surface area contributed by atoms with Gasteiger partial charge in [0.25, 0.3) is 0 Å². The Morgan fingerprint density at radius 2 is 1.88 bits per heavy atom. The number of nitrogens with zero attached hydrogens (tertiary/aromatic N) is 4. The summed E-state index contributed by atoms with van der Waals surface area (Å²) in [5, 5.41) is 11.5. The van der Waals surface area contributed by atoms with Crippen LogP contribution in [0.4, 0.5) is 0 Å². The number of hydrogen-bond acceptors (Lipinski definition) is 3. The Morgan fingerprint density at radius 3 is 2.40 bits per heavy atom. The van der Waals surface area contributed by atoms with E-state index in [0.717, 1.165) is 24.2 Å². The van der Waals surface area contributed by atoms with Crippen LogP contribution in [0.15, 0.2) is 4.99 Å². The molecule has 2 N–H and O–H groups in total. The smallest absolute Gasteiger partial charge is 0.191 e. The van der Waals surface area contributed by atoms with Crippen LogP contribution in [0.1, 0.15) is 49.6 Å². The fourth-order valence-electron chi connectivity index (χ4n) is 3.57. The zero-order valence-corrected chi connectivity index (χ0v) is 18.3. The average molecular weight is 460 g/mol. The minimum Gasteiger partial charge on any atom is -0.357 e. The van der Waals surface area contributed by atoms with Crippen LogP contribution in [-0.2, 0) is 13.6 Å². The number of aryl methyl sites for hydroxylation is 2. The summed E-state index contributed by atoms with van der Waals surface area (Å²) in [5.74, 6) is 0.935. The molecule has 0 spiro atoms. The molecule has 2 fully saturated rings. The lowest BCUT2D eigenvalue weighted by atomic mass is 10.1. The summed E-state index contributed by atoms with van der Waals surface area (Å²) in [6.45, 7) is 10.3. The van der Waals surface area contributed by atoms with Crippen molar-refractivity contribution in [1.29, 1.82) is 0 Å². The highest BCUT2D eigenvalue weighted by Crippen LogP contribution is 2.29.